The van der Waals surface area contributed by atoms with E-state index in [1.807, 2.05) is 0 Å². The van der Waals surface area contributed by atoms with Crippen molar-refractivity contribution >= 4 is 15.7 Å². The van der Waals surface area contributed by atoms with E-state index in [1.54, 1.807) is 20.8 Å². The van der Waals surface area contributed by atoms with E-state index < -0.39 is 26.7 Å². The van der Waals surface area contributed by atoms with Crippen molar-refractivity contribution in [2.45, 2.75) is 31.7 Å². The zero-order valence-corrected chi connectivity index (χ0v) is 11.8. The molecule has 0 spiro atoms. The Bertz CT molecular complexity index is 598. The van der Waals surface area contributed by atoms with Crippen LogP contribution in [0.5, 0.6) is 0 Å². The summed E-state index contributed by atoms with van der Waals surface area (Å²) in [4.78, 5) is 9.94. The lowest BCUT2D eigenvalue weighted by molar-refractivity contribution is -0.387. The Morgan fingerprint density at radius 3 is 2.37 bits per heavy atom. The first-order chi connectivity index (χ1) is 8.69. The number of nitrogens with zero attached hydrogens (tertiary/aromatic N) is 1. The van der Waals surface area contributed by atoms with Gasteiger partial charge < -0.3 is 5.73 Å². The van der Waals surface area contributed by atoms with Crippen molar-refractivity contribution in [1.82, 2.24) is 4.72 Å². The molecule has 1 rings (SSSR count). The number of nitro benzene ring substituents is 1. The number of nitrogens with two attached hydrogens (primary N) is 1. The van der Waals surface area contributed by atoms with Crippen LogP contribution in [-0.2, 0) is 10.0 Å². The number of rotatable bonds is 5. The van der Waals surface area contributed by atoms with Gasteiger partial charge in [0.25, 0.3) is 5.69 Å². The maximum absolute atomic E-state index is 12.1. The van der Waals surface area contributed by atoms with Crippen molar-refractivity contribution in [3.05, 3.63) is 33.4 Å². The molecule has 1 aromatic carbocycles. The second kappa shape index (κ2) is 5.64. The highest BCUT2D eigenvalue weighted by Crippen LogP contribution is 2.27. The number of nitro groups is 1. The van der Waals surface area contributed by atoms with E-state index >= 15 is 0 Å². The maximum atomic E-state index is 12.1. The second-order valence-corrected chi connectivity index (χ2v) is 6.10. The van der Waals surface area contributed by atoms with E-state index in [0.29, 0.717) is 11.1 Å². The van der Waals surface area contributed by atoms with Crippen LogP contribution in [0.1, 0.15) is 18.1 Å². The van der Waals surface area contributed by atoms with Crippen molar-refractivity contribution < 1.29 is 13.3 Å². The second-order valence-electron chi connectivity index (χ2n) is 4.42. The van der Waals surface area contributed by atoms with Crippen LogP contribution in [0, 0.1) is 24.0 Å². The van der Waals surface area contributed by atoms with Gasteiger partial charge in [-0.1, -0.05) is 0 Å². The van der Waals surface area contributed by atoms with E-state index in [1.165, 1.54) is 12.1 Å². The lowest BCUT2D eigenvalue weighted by Gasteiger charge is -2.13. The molecule has 0 amide bonds. The molecule has 1 aromatic rings. The highest BCUT2D eigenvalue weighted by Gasteiger charge is 2.27. The normalized spacial score (nSPS) is 13.3. The number of nitrogens with one attached hydrogen (secondary N) is 1. The van der Waals surface area contributed by atoms with Crippen molar-refractivity contribution in [2.24, 2.45) is 5.73 Å². The molecule has 0 saturated heterocycles. The van der Waals surface area contributed by atoms with Gasteiger partial charge in [-0.15, -0.1) is 0 Å². The van der Waals surface area contributed by atoms with E-state index in [0.717, 1.165) is 0 Å². The van der Waals surface area contributed by atoms with Gasteiger partial charge in [0.15, 0.2) is 4.90 Å². The molecule has 1 atom stereocenters. The fourth-order valence-corrected chi connectivity index (χ4v) is 3.00. The molecule has 106 valence electrons. The summed E-state index contributed by atoms with van der Waals surface area (Å²) in [5, 5.41) is 11.0. The van der Waals surface area contributed by atoms with Gasteiger partial charge >= 0.3 is 0 Å². The Morgan fingerprint density at radius 1 is 1.37 bits per heavy atom. The predicted octanol–water partition coefficient (Wildman–Crippen LogP) is 0.837. The van der Waals surface area contributed by atoms with Gasteiger partial charge in [-0.05, 0) is 38.0 Å². The average Bonchev–Trinajstić information content (AvgIpc) is 2.30. The summed E-state index contributed by atoms with van der Waals surface area (Å²) < 4.78 is 26.5. The maximum Gasteiger partial charge on any atom is 0.289 e. The molecule has 0 aliphatic heterocycles. The number of sulfonamides is 1. The average molecular weight is 287 g/mol. The van der Waals surface area contributed by atoms with Crippen LogP contribution in [0.4, 0.5) is 5.69 Å². The molecular weight excluding hydrogens is 270 g/mol. The monoisotopic (exact) mass is 287 g/mol. The highest BCUT2D eigenvalue weighted by atomic mass is 32.2. The summed E-state index contributed by atoms with van der Waals surface area (Å²) in [6.45, 7) is 5.08. The molecule has 3 N–H and O–H groups in total. The molecule has 1 unspecified atom stereocenters. The Morgan fingerprint density at radius 2 is 1.89 bits per heavy atom. The van der Waals surface area contributed by atoms with Gasteiger partial charge in [-0.2, -0.15) is 0 Å². The minimum atomic E-state index is -3.96. The van der Waals surface area contributed by atoms with Crippen molar-refractivity contribution in [3.8, 4) is 0 Å². The summed E-state index contributed by atoms with van der Waals surface area (Å²) in [5.74, 6) is 0. The summed E-state index contributed by atoms with van der Waals surface area (Å²) in [7, 11) is -3.96. The molecule has 0 fully saturated rings. The summed E-state index contributed by atoms with van der Waals surface area (Å²) in [5.41, 5.74) is 6.25. The van der Waals surface area contributed by atoms with Crippen LogP contribution in [0.3, 0.4) is 0 Å². The minimum absolute atomic E-state index is 0.109. The first-order valence-corrected chi connectivity index (χ1v) is 7.15. The number of benzene rings is 1. The van der Waals surface area contributed by atoms with Crippen LogP contribution >= 0.6 is 0 Å². The Balaban J connectivity index is 3.40. The molecule has 0 aliphatic rings. The number of hydrogen-bond donors (Lipinski definition) is 2. The molecule has 8 heteroatoms. The predicted molar refractivity (Wildman–Crippen MR) is 71.4 cm³/mol. The van der Waals surface area contributed by atoms with Gasteiger partial charge in [0, 0.05) is 18.7 Å². The summed E-state index contributed by atoms with van der Waals surface area (Å²) >= 11 is 0. The fourth-order valence-electron chi connectivity index (χ4n) is 1.51. The van der Waals surface area contributed by atoms with Crippen LogP contribution < -0.4 is 10.5 Å². The van der Waals surface area contributed by atoms with Crippen LogP contribution in [0.15, 0.2) is 17.0 Å². The van der Waals surface area contributed by atoms with Crippen molar-refractivity contribution in [1.29, 1.82) is 0 Å². The Kier molecular flexibility index (Phi) is 4.61. The third kappa shape index (κ3) is 3.49. The van der Waals surface area contributed by atoms with E-state index in [4.69, 9.17) is 5.73 Å². The van der Waals surface area contributed by atoms with Gasteiger partial charge in [-0.3, -0.25) is 10.1 Å². The number of hydrogen-bond acceptors (Lipinski definition) is 5. The molecular formula is C11H17N3O4S. The smallest absolute Gasteiger partial charge is 0.289 e. The third-order valence-corrected chi connectivity index (χ3v) is 4.39. The first-order valence-electron chi connectivity index (χ1n) is 5.67. The fraction of sp³-hybridized carbons (Fsp3) is 0.455. The molecule has 0 radical (unpaired) electrons. The van der Waals surface area contributed by atoms with Crippen LogP contribution in [0.2, 0.25) is 0 Å². The number of aryl methyl sites for hydroxylation is 2. The van der Waals surface area contributed by atoms with Gasteiger partial charge in [0.2, 0.25) is 10.0 Å². The van der Waals surface area contributed by atoms with Gasteiger partial charge in [0.05, 0.1) is 4.92 Å². The zero-order valence-electron chi connectivity index (χ0n) is 11.0. The molecule has 0 aromatic heterocycles. The summed E-state index contributed by atoms with van der Waals surface area (Å²) in [6.07, 6.45) is 0. The molecule has 0 heterocycles. The first kappa shape index (κ1) is 15.5. The van der Waals surface area contributed by atoms with Crippen LogP contribution in [-0.4, -0.2) is 25.9 Å². The molecule has 0 bridgehead atoms. The lowest BCUT2D eigenvalue weighted by Crippen LogP contribution is -2.38. The standard InChI is InChI=1S/C11H17N3O4S/c1-7-4-10(14(15)16)11(5-8(7)2)19(17,18)13-9(3)6-12/h4-5,9,13H,6,12H2,1-3H3. The zero-order chi connectivity index (χ0) is 14.8. The Hall–Kier alpha value is -1.51. The van der Waals surface area contributed by atoms with E-state index in [2.05, 4.69) is 4.72 Å². The van der Waals surface area contributed by atoms with Crippen molar-refractivity contribution in [3.63, 3.8) is 0 Å². The molecule has 7 nitrogen and oxygen atoms in total. The molecule has 19 heavy (non-hydrogen) atoms. The summed E-state index contributed by atoms with van der Waals surface area (Å²) in [6, 6.07) is 2.07. The van der Waals surface area contributed by atoms with E-state index in [-0.39, 0.29) is 11.4 Å². The SMILES string of the molecule is Cc1cc([N+](=O)[O-])c(S(=O)(=O)NC(C)CN)cc1C. The Labute approximate surface area is 112 Å². The minimum Gasteiger partial charge on any atom is -0.329 e. The van der Waals surface area contributed by atoms with Gasteiger partial charge in [0.1, 0.15) is 0 Å². The highest BCUT2D eigenvalue weighted by molar-refractivity contribution is 7.89. The quantitative estimate of drug-likeness (QED) is 0.615. The largest absolute Gasteiger partial charge is 0.329 e. The topological polar surface area (TPSA) is 115 Å². The van der Waals surface area contributed by atoms with Gasteiger partial charge in [-0.25, -0.2) is 13.1 Å². The van der Waals surface area contributed by atoms with E-state index in [9.17, 15) is 18.5 Å². The van der Waals surface area contributed by atoms with Crippen molar-refractivity contribution in [2.75, 3.05) is 6.54 Å². The third-order valence-electron chi connectivity index (χ3n) is 2.77. The lowest BCUT2D eigenvalue weighted by atomic mass is 10.1. The molecule has 0 aliphatic carbocycles. The van der Waals surface area contributed by atoms with Crippen LogP contribution in [0.25, 0.3) is 0 Å². The molecule has 0 saturated carbocycles.